The molecule has 1 aliphatic rings. The van der Waals surface area contributed by atoms with Gasteiger partial charge in [0.05, 0.1) is 11.8 Å². The summed E-state index contributed by atoms with van der Waals surface area (Å²) in [5.74, 6) is 0.907. The van der Waals surface area contributed by atoms with Gasteiger partial charge in [-0.3, -0.25) is 0 Å². The van der Waals surface area contributed by atoms with Gasteiger partial charge in [-0.05, 0) is 60.3 Å². The van der Waals surface area contributed by atoms with E-state index in [0.717, 1.165) is 46.4 Å². The van der Waals surface area contributed by atoms with E-state index in [1.807, 2.05) is 13.0 Å². The summed E-state index contributed by atoms with van der Waals surface area (Å²) in [5, 5.41) is 10.9. The molecule has 1 saturated heterocycles. The number of anilines is 1. The average molecular weight is 336 g/mol. The van der Waals surface area contributed by atoms with Gasteiger partial charge in [-0.15, -0.1) is 0 Å². The molecule has 2 aromatic rings. The van der Waals surface area contributed by atoms with Gasteiger partial charge in [0.15, 0.2) is 5.65 Å². The fourth-order valence-corrected chi connectivity index (χ4v) is 3.06. The minimum atomic E-state index is -0.248. The molecule has 20 heavy (non-hydrogen) atoms. The van der Waals surface area contributed by atoms with Crippen LogP contribution in [0.3, 0.4) is 0 Å². The summed E-state index contributed by atoms with van der Waals surface area (Å²) in [6.07, 6.45) is 1.64. The van der Waals surface area contributed by atoms with Crippen molar-refractivity contribution in [3.8, 4) is 0 Å². The highest BCUT2D eigenvalue weighted by atomic mass is 79.9. The Bertz CT molecular complexity index is 659. The molecular weight excluding hydrogens is 318 g/mol. The van der Waals surface area contributed by atoms with E-state index in [4.69, 9.17) is 0 Å². The van der Waals surface area contributed by atoms with Crippen molar-refractivity contribution in [1.29, 1.82) is 0 Å². The molecule has 4 nitrogen and oxygen atoms in total. The Morgan fingerprint density at radius 1 is 1.30 bits per heavy atom. The zero-order chi connectivity index (χ0) is 14.3. The maximum atomic E-state index is 9.79. The number of nitrogens with zero attached hydrogens (tertiary/aromatic N) is 3. The number of piperidine rings is 1. The first-order valence-electron chi connectivity index (χ1n) is 6.92. The zero-order valence-electron chi connectivity index (χ0n) is 11.7. The molecule has 0 radical (unpaired) electrons. The summed E-state index contributed by atoms with van der Waals surface area (Å²) in [6.45, 7) is 5.67. The van der Waals surface area contributed by atoms with Crippen LogP contribution in [0.15, 0.2) is 16.6 Å². The van der Waals surface area contributed by atoms with Gasteiger partial charge in [-0.2, -0.15) is 0 Å². The van der Waals surface area contributed by atoms with E-state index in [1.165, 1.54) is 5.56 Å². The van der Waals surface area contributed by atoms with E-state index >= 15 is 0 Å². The van der Waals surface area contributed by atoms with Gasteiger partial charge in [-0.1, -0.05) is 0 Å². The molecule has 0 amide bonds. The lowest BCUT2D eigenvalue weighted by molar-refractivity contribution is 0.154. The van der Waals surface area contributed by atoms with E-state index in [1.54, 1.807) is 0 Å². The maximum Gasteiger partial charge on any atom is 0.162 e. The first kappa shape index (κ1) is 13.8. The summed E-state index contributed by atoms with van der Waals surface area (Å²) in [6, 6.07) is 4.10. The number of aliphatic hydroxyl groups excluding tert-OH is 1. The molecule has 106 valence electrons. The molecule has 1 unspecified atom stereocenters. The average Bonchev–Trinajstić information content (AvgIpc) is 2.44. The Balaban J connectivity index is 2.04. The van der Waals surface area contributed by atoms with Crippen LogP contribution < -0.4 is 4.90 Å². The zero-order valence-corrected chi connectivity index (χ0v) is 13.3. The topological polar surface area (TPSA) is 49.2 Å². The number of aryl methyl sites for hydroxylation is 2. The molecule has 0 bridgehead atoms. The van der Waals surface area contributed by atoms with Crippen LogP contribution in [0.1, 0.15) is 24.1 Å². The molecule has 3 rings (SSSR count). The second-order valence-corrected chi connectivity index (χ2v) is 6.21. The second kappa shape index (κ2) is 5.30. The van der Waals surface area contributed by atoms with E-state index in [2.05, 4.69) is 43.8 Å². The van der Waals surface area contributed by atoms with Crippen LogP contribution in [0.4, 0.5) is 5.82 Å². The fraction of sp³-hybridized carbons (Fsp3) is 0.467. The third kappa shape index (κ3) is 2.40. The highest BCUT2D eigenvalue weighted by molar-refractivity contribution is 9.10. The van der Waals surface area contributed by atoms with E-state index < -0.39 is 0 Å². The highest BCUT2D eigenvalue weighted by Crippen LogP contribution is 2.28. The lowest BCUT2D eigenvalue weighted by atomic mass is 10.1. The van der Waals surface area contributed by atoms with Gasteiger partial charge in [0.2, 0.25) is 0 Å². The second-order valence-electron chi connectivity index (χ2n) is 5.42. The first-order chi connectivity index (χ1) is 9.56. The summed E-state index contributed by atoms with van der Waals surface area (Å²) < 4.78 is 1.05. The molecule has 2 aromatic heterocycles. The Morgan fingerprint density at radius 3 is 2.85 bits per heavy atom. The maximum absolute atomic E-state index is 9.79. The molecule has 5 heteroatoms. The third-order valence-corrected chi connectivity index (χ3v) is 5.07. The van der Waals surface area contributed by atoms with Gasteiger partial charge < -0.3 is 10.0 Å². The lowest BCUT2D eigenvalue weighted by Gasteiger charge is -2.31. The minimum absolute atomic E-state index is 0.248. The van der Waals surface area contributed by atoms with Gasteiger partial charge in [0.1, 0.15) is 5.82 Å². The van der Waals surface area contributed by atoms with E-state index in [9.17, 15) is 5.11 Å². The summed E-state index contributed by atoms with van der Waals surface area (Å²) in [5.41, 5.74) is 2.91. The van der Waals surface area contributed by atoms with Crippen molar-refractivity contribution in [2.75, 3.05) is 18.0 Å². The van der Waals surface area contributed by atoms with E-state index in [0.29, 0.717) is 6.54 Å². The van der Waals surface area contributed by atoms with Crippen molar-refractivity contribution in [2.24, 2.45) is 0 Å². The van der Waals surface area contributed by atoms with Gasteiger partial charge >= 0.3 is 0 Å². The molecule has 0 aromatic carbocycles. The Hall–Kier alpha value is -1.20. The van der Waals surface area contributed by atoms with Gasteiger partial charge in [0, 0.05) is 22.9 Å². The number of halogens is 1. The van der Waals surface area contributed by atoms with Crippen molar-refractivity contribution in [1.82, 2.24) is 9.97 Å². The predicted octanol–water partition coefficient (Wildman–Crippen LogP) is 2.97. The molecule has 3 heterocycles. The van der Waals surface area contributed by atoms with Crippen LogP contribution in [0.25, 0.3) is 11.0 Å². The minimum Gasteiger partial charge on any atom is -0.391 e. The highest BCUT2D eigenvalue weighted by Gasteiger charge is 2.19. The lowest BCUT2D eigenvalue weighted by Crippen LogP contribution is -2.38. The largest absolute Gasteiger partial charge is 0.391 e. The van der Waals surface area contributed by atoms with Crippen LogP contribution in [0.5, 0.6) is 0 Å². The number of fused-ring (bicyclic) bond motifs is 1. The van der Waals surface area contributed by atoms with Crippen LogP contribution >= 0.6 is 15.9 Å². The van der Waals surface area contributed by atoms with Gasteiger partial charge in [0.25, 0.3) is 0 Å². The number of rotatable bonds is 1. The molecular formula is C15H18BrN3O. The Labute approximate surface area is 127 Å². The van der Waals surface area contributed by atoms with Crippen LogP contribution in [0, 0.1) is 13.8 Å². The first-order valence-corrected chi connectivity index (χ1v) is 7.72. The smallest absolute Gasteiger partial charge is 0.162 e. The monoisotopic (exact) mass is 335 g/mol. The number of pyridine rings is 2. The van der Waals surface area contributed by atoms with Crippen molar-refractivity contribution in [3.63, 3.8) is 0 Å². The summed E-state index contributed by atoms with van der Waals surface area (Å²) in [4.78, 5) is 11.4. The molecule has 0 spiro atoms. The number of β-amino-alcohol motifs (C(OH)–C–C–N with tert-alkyl or cyclic N) is 1. The van der Waals surface area contributed by atoms with Crippen LogP contribution in [-0.2, 0) is 0 Å². The standard InChI is InChI=1S/C15H18BrN3O/c1-9-12-5-6-13(19-7-3-4-11(20)8-19)18-15(12)17-10(2)14(9)16/h5-6,11,20H,3-4,7-8H2,1-2H3. The number of aliphatic hydroxyl groups is 1. The quantitative estimate of drug-likeness (QED) is 0.870. The van der Waals surface area contributed by atoms with E-state index in [-0.39, 0.29) is 6.10 Å². The molecule has 0 aliphatic carbocycles. The molecule has 1 fully saturated rings. The van der Waals surface area contributed by atoms with Crippen molar-refractivity contribution < 1.29 is 5.11 Å². The summed E-state index contributed by atoms with van der Waals surface area (Å²) >= 11 is 3.57. The Kier molecular flexibility index (Phi) is 3.65. The fourth-order valence-electron chi connectivity index (χ4n) is 2.75. The molecule has 1 N–H and O–H groups in total. The molecule has 1 atom stereocenters. The van der Waals surface area contributed by atoms with Crippen LogP contribution in [0.2, 0.25) is 0 Å². The number of hydrogen-bond donors (Lipinski definition) is 1. The number of hydrogen-bond acceptors (Lipinski definition) is 4. The SMILES string of the molecule is Cc1nc2nc(N3CCCC(O)C3)ccc2c(C)c1Br. The van der Waals surface area contributed by atoms with Gasteiger partial charge in [-0.25, -0.2) is 9.97 Å². The third-order valence-electron chi connectivity index (χ3n) is 3.91. The van der Waals surface area contributed by atoms with Crippen molar-refractivity contribution in [3.05, 3.63) is 27.9 Å². The van der Waals surface area contributed by atoms with Crippen molar-refractivity contribution >= 4 is 32.8 Å². The predicted molar refractivity (Wildman–Crippen MR) is 84.2 cm³/mol. The van der Waals surface area contributed by atoms with Crippen LogP contribution in [-0.4, -0.2) is 34.3 Å². The number of aromatic nitrogens is 2. The van der Waals surface area contributed by atoms with Crippen molar-refractivity contribution in [2.45, 2.75) is 32.8 Å². The molecule has 1 aliphatic heterocycles. The summed E-state index contributed by atoms with van der Waals surface area (Å²) in [7, 11) is 0. The molecule has 0 saturated carbocycles. The Morgan fingerprint density at radius 2 is 2.10 bits per heavy atom. The normalized spacial score (nSPS) is 19.6.